The highest BCUT2D eigenvalue weighted by molar-refractivity contribution is 5.76. The average molecular weight is 364 g/mol. The number of imidazole rings is 1. The minimum Gasteiger partial charge on any atom is -0.491 e. The molecule has 1 fully saturated rings. The number of aliphatic hydroxyl groups excluding tert-OH is 1. The van der Waals surface area contributed by atoms with E-state index < -0.39 is 6.10 Å². The third-order valence-corrected chi connectivity index (χ3v) is 5.48. The number of hydrogen-bond acceptors (Lipinski definition) is 3. The van der Waals surface area contributed by atoms with Crippen LogP contribution in [-0.2, 0) is 6.54 Å². The molecule has 3 aromatic rings. The van der Waals surface area contributed by atoms with Crippen molar-refractivity contribution in [3.05, 3.63) is 59.9 Å². The Labute approximate surface area is 160 Å². The topological polar surface area (TPSA) is 47.3 Å². The van der Waals surface area contributed by atoms with Crippen LogP contribution in [0.15, 0.2) is 48.5 Å². The van der Waals surface area contributed by atoms with Crippen LogP contribution in [0.1, 0.15) is 49.4 Å². The van der Waals surface area contributed by atoms with E-state index in [2.05, 4.69) is 16.7 Å². The highest BCUT2D eigenvalue weighted by Gasteiger charge is 2.23. The van der Waals surface area contributed by atoms with Gasteiger partial charge in [-0.2, -0.15) is 0 Å². The van der Waals surface area contributed by atoms with Gasteiger partial charge in [0.15, 0.2) is 0 Å². The normalized spacial score (nSPS) is 16.5. The summed E-state index contributed by atoms with van der Waals surface area (Å²) in [4.78, 5) is 4.93. The molecule has 1 N–H and O–H groups in total. The number of aliphatic hydroxyl groups is 1. The monoisotopic (exact) mass is 364 g/mol. The molecule has 1 aliphatic carbocycles. The smallest absolute Gasteiger partial charge is 0.119 e. The molecule has 2 aromatic carbocycles. The van der Waals surface area contributed by atoms with Crippen molar-refractivity contribution in [2.45, 2.75) is 57.6 Å². The predicted octanol–water partition coefficient (Wildman–Crippen LogP) is 4.83. The quantitative estimate of drug-likeness (QED) is 0.681. The molecule has 0 spiro atoms. The summed E-state index contributed by atoms with van der Waals surface area (Å²) in [6.45, 7) is 2.83. The van der Waals surface area contributed by atoms with E-state index in [0.29, 0.717) is 12.5 Å². The molecule has 1 heterocycles. The Bertz CT molecular complexity index is 896. The molecule has 4 nitrogen and oxygen atoms in total. The highest BCUT2D eigenvalue weighted by Crippen LogP contribution is 2.34. The van der Waals surface area contributed by atoms with Crippen molar-refractivity contribution >= 4 is 11.0 Å². The van der Waals surface area contributed by atoms with Gasteiger partial charge in [-0.05, 0) is 49.6 Å². The Kier molecular flexibility index (Phi) is 5.44. The van der Waals surface area contributed by atoms with Gasteiger partial charge < -0.3 is 14.4 Å². The van der Waals surface area contributed by atoms with Gasteiger partial charge in [0.1, 0.15) is 24.3 Å². The maximum atomic E-state index is 10.7. The van der Waals surface area contributed by atoms with Crippen LogP contribution in [0.3, 0.4) is 0 Å². The van der Waals surface area contributed by atoms with Crippen LogP contribution >= 0.6 is 0 Å². The van der Waals surface area contributed by atoms with Crippen molar-refractivity contribution < 1.29 is 9.84 Å². The summed E-state index contributed by atoms with van der Waals surface area (Å²) in [5.41, 5.74) is 3.28. The van der Waals surface area contributed by atoms with Gasteiger partial charge in [-0.25, -0.2) is 4.98 Å². The van der Waals surface area contributed by atoms with Gasteiger partial charge >= 0.3 is 0 Å². The zero-order valence-corrected chi connectivity index (χ0v) is 16.0. The maximum absolute atomic E-state index is 10.7. The minimum absolute atomic E-state index is 0.278. The number of para-hydroxylation sites is 2. The number of aryl methyl sites for hydroxylation is 1. The van der Waals surface area contributed by atoms with E-state index in [9.17, 15) is 5.11 Å². The van der Waals surface area contributed by atoms with Gasteiger partial charge in [0.05, 0.1) is 17.6 Å². The zero-order valence-electron chi connectivity index (χ0n) is 16.0. The Morgan fingerprint density at radius 1 is 1.11 bits per heavy atom. The molecule has 0 bridgehead atoms. The lowest BCUT2D eigenvalue weighted by Crippen LogP contribution is -2.25. The van der Waals surface area contributed by atoms with Crippen LogP contribution in [0, 0.1) is 6.92 Å². The molecule has 0 aliphatic heterocycles. The number of ether oxygens (including phenoxy) is 1. The molecule has 0 saturated heterocycles. The van der Waals surface area contributed by atoms with Crippen molar-refractivity contribution in [2.24, 2.45) is 0 Å². The lowest BCUT2D eigenvalue weighted by atomic mass is 9.88. The fourth-order valence-electron chi connectivity index (χ4n) is 4.12. The van der Waals surface area contributed by atoms with E-state index in [-0.39, 0.29) is 6.61 Å². The molecule has 1 aliphatic rings. The summed E-state index contributed by atoms with van der Waals surface area (Å²) in [6.07, 6.45) is 5.67. The molecule has 4 heteroatoms. The molecule has 1 atom stereocenters. The molecule has 0 amide bonds. The molecule has 1 unspecified atom stereocenters. The van der Waals surface area contributed by atoms with Crippen LogP contribution in [0.25, 0.3) is 11.0 Å². The van der Waals surface area contributed by atoms with Gasteiger partial charge in [0, 0.05) is 5.92 Å². The summed E-state index contributed by atoms with van der Waals surface area (Å²) in [6, 6.07) is 16.2. The van der Waals surface area contributed by atoms with E-state index in [1.165, 1.54) is 32.1 Å². The van der Waals surface area contributed by atoms with Crippen molar-refractivity contribution in [3.8, 4) is 5.75 Å². The fourth-order valence-corrected chi connectivity index (χ4v) is 4.12. The molecular formula is C23H28N2O2. The SMILES string of the molecule is Cc1cccc(OCC(O)Cn2c(C3CCCCC3)nc3ccccc32)c1. The first kappa shape index (κ1) is 18.1. The number of nitrogens with zero attached hydrogens (tertiary/aromatic N) is 2. The lowest BCUT2D eigenvalue weighted by molar-refractivity contribution is 0.0922. The summed E-state index contributed by atoms with van der Waals surface area (Å²) < 4.78 is 8.03. The molecule has 1 saturated carbocycles. The zero-order chi connectivity index (χ0) is 18.6. The second-order valence-corrected chi connectivity index (χ2v) is 7.69. The van der Waals surface area contributed by atoms with Crippen LogP contribution in [-0.4, -0.2) is 27.4 Å². The average Bonchev–Trinajstić information content (AvgIpc) is 3.06. The second kappa shape index (κ2) is 8.13. The van der Waals surface area contributed by atoms with Crippen LogP contribution in [0.5, 0.6) is 5.75 Å². The first-order valence-corrected chi connectivity index (χ1v) is 10.0. The molecule has 1 aromatic heterocycles. The predicted molar refractivity (Wildman–Crippen MR) is 108 cm³/mol. The van der Waals surface area contributed by atoms with Crippen molar-refractivity contribution in [1.29, 1.82) is 0 Å². The summed E-state index contributed by atoms with van der Waals surface area (Å²) in [5.74, 6) is 2.43. The second-order valence-electron chi connectivity index (χ2n) is 7.69. The molecule has 4 rings (SSSR count). The molecule has 0 radical (unpaired) electrons. The van der Waals surface area contributed by atoms with Gasteiger partial charge in [-0.1, -0.05) is 43.5 Å². The Balaban J connectivity index is 1.53. The number of fused-ring (bicyclic) bond motifs is 1. The van der Waals surface area contributed by atoms with Gasteiger partial charge in [-0.3, -0.25) is 0 Å². The molecule has 142 valence electrons. The standard InChI is InChI=1S/C23H28N2O2/c1-17-8-7-11-20(14-17)27-16-19(26)15-25-22-13-6-5-12-21(22)24-23(25)18-9-3-2-4-10-18/h5-8,11-14,18-19,26H,2-4,9-10,15-16H2,1H3. The van der Waals surface area contributed by atoms with Crippen molar-refractivity contribution in [2.75, 3.05) is 6.61 Å². The molecular weight excluding hydrogens is 336 g/mol. The maximum Gasteiger partial charge on any atom is 0.119 e. The minimum atomic E-state index is -0.578. The van der Waals surface area contributed by atoms with E-state index in [4.69, 9.17) is 9.72 Å². The van der Waals surface area contributed by atoms with E-state index in [0.717, 1.165) is 28.2 Å². The van der Waals surface area contributed by atoms with Gasteiger partial charge in [-0.15, -0.1) is 0 Å². The van der Waals surface area contributed by atoms with E-state index >= 15 is 0 Å². The van der Waals surface area contributed by atoms with E-state index in [1.807, 2.05) is 43.3 Å². The van der Waals surface area contributed by atoms with Crippen LogP contribution < -0.4 is 4.74 Å². The van der Waals surface area contributed by atoms with Crippen LogP contribution in [0.4, 0.5) is 0 Å². The van der Waals surface area contributed by atoms with Crippen molar-refractivity contribution in [3.63, 3.8) is 0 Å². The highest BCUT2D eigenvalue weighted by atomic mass is 16.5. The fraction of sp³-hybridized carbons (Fsp3) is 0.435. The summed E-state index contributed by atoms with van der Waals surface area (Å²) in [7, 11) is 0. The first-order valence-electron chi connectivity index (χ1n) is 10.0. The van der Waals surface area contributed by atoms with Gasteiger partial charge in [0.25, 0.3) is 0 Å². The number of benzene rings is 2. The largest absolute Gasteiger partial charge is 0.491 e. The lowest BCUT2D eigenvalue weighted by Gasteiger charge is -2.23. The Morgan fingerprint density at radius 3 is 2.74 bits per heavy atom. The number of rotatable bonds is 6. The number of aromatic nitrogens is 2. The Morgan fingerprint density at radius 2 is 1.93 bits per heavy atom. The summed E-state index contributed by atoms with van der Waals surface area (Å²) in [5, 5.41) is 10.7. The third-order valence-electron chi connectivity index (χ3n) is 5.48. The third kappa shape index (κ3) is 4.16. The molecule has 27 heavy (non-hydrogen) atoms. The first-order chi connectivity index (χ1) is 13.2. The number of hydrogen-bond donors (Lipinski definition) is 1. The van der Waals surface area contributed by atoms with E-state index in [1.54, 1.807) is 0 Å². The van der Waals surface area contributed by atoms with Crippen molar-refractivity contribution in [1.82, 2.24) is 9.55 Å². The van der Waals surface area contributed by atoms with Gasteiger partial charge in [0.2, 0.25) is 0 Å². The Hall–Kier alpha value is -2.33. The van der Waals surface area contributed by atoms with Crippen LogP contribution in [0.2, 0.25) is 0 Å². The summed E-state index contributed by atoms with van der Waals surface area (Å²) >= 11 is 0.